The number of likely N-dealkylation sites (N-methyl/N-ethyl adjacent to an activating group) is 1. The molecule has 2 fully saturated rings. The average Bonchev–Trinajstić information content (AvgIpc) is 2.94. The minimum absolute atomic E-state index is 0.0321. The van der Waals surface area contributed by atoms with Gasteiger partial charge in [-0.2, -0.15) is 0 Å². The van der Waals surface area contributed by atoms with Crippen LogP contribution in [0.25, 0.3) is 0 Å². The quantitative estimate of drug-likeness (QED) is 0.854. The molecule has 0 spiro atoms. The molecule has 2 amide bonds. The van der Waals surface area contributed by atoms with Gasteiger partial charge < -0.3 is 15.1 Å². The summed E-state index contributed by atoms with van der Waals surface area (Å²) in [6, 6.07) is 5.76. The van der Waals surface area contributed by atoms with Gasteiger partial charge in [0.15, 0.2) is 0 Å². The number of likely N-dealkylation sites (tertiary alicyclic amines) is 2. The largest absolute Gasteiger partial charge is 0.352 e. The molecule has 5 heteroatoms. The highest BCUT2D eigenvalue weighted by Gasteiger charge is 2.37. The highest BCUT2D eigenvalue weighted by Crippen LogP contribution is 2.36. The Kier molecular flexibility index (Phi) is 4.04. The van der Waals surface area contributed by atoms with Gasteiger partial charge in [-0.25, -0.2) is 0 Å². The van der Waals surface area contributed by atoms with Crippen molar-refractivity contribution in [3.63, 3.8) is 0 Å². The second-order valence-corrected chi connectivity index (χ2v) is 7.45. The number of amides is 2. The maximum Gasteiger partial charge on any atom is 0.253 e. The fraction of sp³-hybridized carbons (Fsp3) is 0.579. The van der Waals surface area contributed by atoms with Gasteiger partial charge in [0.1, 0.15) is 0 Å². The Balaban J connectivity index is 1.66. The van der Waals surface area contributed by atoms with Gasteiger partial charge >= 0.3 is 0 Å². The zero-order valence-electron chi connectivity index (χ0n) is 14.3. The van der Waals surface area contributed by atoms with Crippen LogP contribution < -0.4 is 5.32 Å². The number of nitrogens with zero attached hydrogens (tertiary/aromatic N) is 2. The molecule has 24 heavy (non-hydrogen) atoms. The van der Waals surface area contributed by atoms with Gasteiger partial charge in [0.05, 0.1) is 0 Å². The van der Waals surface area contributed by atoms with Crippen molar-refractivity contribution < 1.29 is 9.59 Å². The molecule has 2 saturated heterocycles. The maximum absolute atomic E-state index is 12.7. The highest BCUT2D eigenvalue weighted by atomic mass is 16.2. The number of benzene rings is 1. The third-order valence-corrected chi connectivity index (χ3v) is 5.74. The zero-order valence-corrected chi connectivity index (χ0v) is 14.3. The van der Waals surface area contributed by atoms with Gasteiger partial charge in [0, 0.05) is 49.8 Å². The number of piperidine rings is 1. The van der Waals surface area contributed by atoms with E-state index in [-0.39, 0.29) is 11.8 Å². The van der Waals surface area contributed by atoms with E-state index in [1.807, 2.05) is 23.1 Å². The Hall–Kier alpha value is -1.88. The lowest BCUT2D eigenvalue weighted by molar-refractivity contribution is 0.0724. The van der Waals surface area contributed by atoms with Gasteiger partial charge in [-0.15, -0.1) is 0 Å². The average molecular weight is 327 g/mol. The number of nitrogens with one attached hydrogen (secondary N) is 1. The van der Waals surface area contributed by atoms with Crippen LogP contribution in [0.2, 0.25) is 0 Å². The van der Waals surface area contributed by atoms with E-state index in [1.54, 1.807) is 0 Å². The summed E-state index contributed by atoms with van der Waals surface area (Å²) in [5, 5.41) is 3.05. The summed E-state index contributed by atoms with van der Waals surface area (Å²) in [6.07, 6.45) is 3.35. The highest BCUT2D eigenvalue weighted by molar-refractivity contribution is 6.01. The third kappa shape index (κ3) is 2.71. The predicted molar refractivity (Wildman–Crippen MR) is 92.3 cm³/mol. The molecule has 5 nitrogen and oxygen atoms in total. The van der Waals surface area contributed by atoms with Gasteiger partial charge in [-0.1, -0.05) is 6.07 Å². The molecular weight excluding hydrogens is 302 g/mol. The van der Waals surface area contributed by atoms with Crippen molar-refractivity contribution in [1.82, 2.24) is 15.1 Å². The molecule has 3 heterocycles. The lowest BCUT2D eigenvalue weighted by Gasteiger charge is -2.27. The maximum atomic E-state index is 12.7. The molecule has 1 aromatic carbocycles. The minimum atomic E-state index is -0.0321. The number of hydrogen-bond donors (Lipinski definition) is 1. The lowest BCUT2D eigenvalue weighted by Crippen LogP contribution is -2.35. The van der Waals surface area contributed by atoms with Gasteiger partial charge in [0.2, 0.25) is 0 Å². The van der Waals surface area contributed by atoms with Crippen LogP contribution in [-0.4, -0.2) is 61.4 Å². The second-order valence-electron chi connectivity index (χ2n) is 7.45. The number of hydrogen-bond acceptors (Lipinski definition) is 3. The summed E-state index contributed by atoms with van der Waals surface area (Å²) in [6.45, 7) is 4.37. The van der Waals surface area contributed by atoms with E-state index < -0.39 is 0 Å². The van der Waals surface area contributed by atoms with Crippen molar-refractivity contribution in [2.75, 3.05) is 39.8 Å². The predicted octanol–water partition coefficient (Wildman–Crippen LogP) is 1.70. The molecular formula is C19H25N3O2. The van der Waals surface area contributed by atoms with Crippen molar-refractivity contribution in [1.29, 1.82) is 0 Å². The summed E-state index contributed by atoms with van der Waals surface area (Å²) in [5.41, 5.74) is 2.45. The van der Waals surface area contributed by atoms with Crippen molar-refractivity contribution in [3.05, 3.63) is 34.9 Å². The lowest BCUT2D eigenvalue weighted by atomic mass is 9.86. The van der Waals surface area contributed by atoms with E-state index in [2.05, 4.69) is 17.3 Å². The first-order valence-corrected chi connectivity index (χ1v) is 9.03. The fourth-order valence-corrected chi connectivity index (χ4v) is 4.45. The molecule has 4 rings (SSSR count). The molecule has 1 N–H and O–H groups in total. The Bertz CT molecular complexity index is 667. The topological polar surface area (TPSA) is 52.7 Å². The number of carbonyl (C=O) groups excluding carboxylic acids is 2. The summed E-state index contributed by atoms with van der Waals surface area (Å²) >= 11 is 0. The molecule has 0 saturated carbocycles. The summed E-state index contributed by atoms with van der Waals surface area (Å²) in [7, 11) is 2.13. The Labute approximate surface area is 143 Å². The Morgan fingerprint density at radius 3 is 2.75 bits per heavy atom. The van der Waals surface area contributed by atoms with Crippen LogP contribution in [0.15, 0.2) is 18.2 Å². The van der Waals surface area contributed by atoms with Crippen LogP contribution in [0.5, 0.6) is 0 Å². The second kappa shape index (κ2) is 6.20. The van der Waals surface area contributed by atoms with Crippen LogP contribution in [0.4, 0.5) is 0 Å². The smallest absolute Gasteiger partial charge is 0.253 e. The zero-order chi connectivity index (χ0) is 16.7. The summed E-state index contributed by atoms with van der Waals surface area (Å²) < 4.78 is 0. The van der Waals surface area contributed by atoms with E-state index in [1.165, 1.54) is 6.42 Å². The monoisotopic (exact) mass is 327 g/mol. The normalized spacial score (nSPS) is 27.2. The molecule has 2 atom stereocenters. The van der Waals surface area contributed by atoms with Crippen molar-refractivity contribution >= 4 is 11.8 Å². The van der Waals surface area contributed by atoms with Crippen molar-refractivity contribution in [2.45, 2.75) is 25.2 Å². The molecule has 0 aromatic heterocycles. The molecule has 3 aliphatic heterocycles. The van der Waals surface area contributed by atoms with E-state index in [0.717, 1.165) is 51.1 Å². The van der Waals surface area contributed by atoms with Crippen LogP contribution in [-0.2, 0) is 0 Å². The van der Waals surface area contributed by atoms with Crippen LogP contribution in [0, 0.1) is 5.92 Å². The van der Waals surface area contributed by atoms with Crippen LogP contribution in [0.1, 0.15) is 51.5 Å². The summed E-state index contributed by atoms with van der Waals surface area (Å²) in [5.74, 6) is 0.872. The van der Waals surface area contributed by atoms with E-state index in [4.69, 9.17) is 0 Å². The van der Waals surface area contributed by atoms with Crippen molar-refractivity contribution in [3.8, 4) is 0 Å². The van der Waals surface area contributed by atoms with E-state index >= 15 is 0 Å². The molecule has 0 radical (unpaired) electrons. The number of carbonyl (C=O) groups is 2. The molecule has 0 bridgehead atoms. The SMILES string of the molecule is CN1C[C@H]2CNC(=O)c3cc(C(=O)N4CCCCC4)ccc3[C@@H]2C1. The first-order valence-electron chi connectivity index (χ1n) is 9.03. The molecule has 0 aliphatic carbocycles. The van der Waals surface area contributed by atoms with E-state index in [0.29, 0.717) is 23.0 Å². The van der Waals surface area contributed by atoms with Crippen LogP contribution >= 0.6 is 0 Å². The standard InChI is InChI=1S/C19H25N3O2/c1-21-11-14-10-20-18(23)16-9-13(5-6-15(16)17(14)12-21)19(24)22-7-3-2-4-8-22/h5-6,9,14,17H,2-4,7-8,10-12H2,1H3,(H,20,23)/t14-,17-/m1/s1. The van der Waals surface area contributed by atoms with Gasteiger partial charge in [-0.3, -0.25) is 9.59 Å². The van der Waals surface area contributed by atoms with E-state index in [9.17, 15) is 9.59 Å². The Morgan fingerprint density at radius 1 is 1.17 bits per heavy atom. The first-order chi connectivity index (χ1) is 11.6. The van der Waals surface area contributed by atoms with Crippen LogP contribution in [0.3, 0.4) is 0 Å². The third-order valence-electron chi connectivity index (χ3n) is 5.74. The van der Waals surface area contributed by atoms with Gasteiger partial charge in [-0.05, 0) is 49.9 Å². The number of fused-ring (bicyclic) bond motifs is 3. The number of rotatable bonds is 1. The molecule has 128 valence electrons. The minimum Gasteiger partial charge on any atom is -0.352 e. The first kappa shape index (κ1) is 15.6. The van der Waals surface area contributed by atoms with Crippen molar-refractivity contribution in [2.24, 2.45) is 5.92 Å². The van der Waals surface area contributed by atoms with Gasteiger partial charge in [0.25, 0.3) is 11.8 Å². The molecule has 3 aliphatic rings. The molecule has 0 unspecified atom stereocenters. The Morgan fingerprint density at radius 2 is 1.96 bits per heavy atom. The fourth-order valence-electron chi connectivity index (χ4n) is 4.45. The summed E-state index contributed by atoms with van der Waals surface area (Å²) in [4.78, 5) is 29.5. The molecule has 1 aromatic rings.